The van der Waals surface area contributed by atoms with Crippen molar-refractivity contribution in [2.24, 2.45) is 0 Å². The maximum atomic E-state index is 12.8. The predicted octanol–water partition coefficient (Wildman–Crippen LogP) is 2.85. The van der Waals surface area contributed by atoms with Crippen molar-refractivity contribution < 1.29 is 13.9 Å². The van der Waals surface area contributed by atoms with E-state index < -0.39 is 5.82 Å². The largest absolute Gasteiger partial charge is 0.380 e. The molecule has 0 aliphatic carbocycles. The van der Waals surface area contributed by atoms with Crippen molar-refractivity contribution in [1.82, 2.24) is 5.32 Å². The second-order valence-corrected chi connectivity index (χ2v) is 4.32. The van der Waals surface area contributed by atoms with Crippen LogP contribution in [0.15, 0.2) is 18.2 Å². The van der Waals surface area contributed by atoms with Crippen LogP contribution in [-0.4, -0.2) is 31.5 Å². The molecule has 0 saturated carbocycles. The highest BCUT2D eigenvalue weighted by Gasteiger charge is 2.10. The average molecular weight is 294 g/mol. The van der Waals surface area contributed by atoms with Crippen LogP contribution in [0.1, 0.15) is 16.8 Å². The van der Waals surface area contributed by atoms with Gasteiger partial charge in [-0.25, -0.2) is 4.39 Å². The molecule has 0 bridgehead atoms. The Morgan fingerprint density at radius 3 is 2.83 bits per heavy atom. The zero-order valence-electron chi connectivity index (χ0n) is 9.72. The van der Waals surface area contributed by atoms with Gasteiger partial charge < -0.3 is 10.1 Å². The van der Waals surface area contributed by atoms with Gasteiger partial charge in [0, 0.05) is 19.0 Å². The van der Waals surface area contributed by atoms with Crippen molar-refractivity contribution in [1.29, 1.82) is 0 Å². The topological polar surface area (TPSA) is 38.3 Å². The van der Waals surface area contributed by atoms with Crippen LogP contribution in [0.5, 0.6) is 0 Å². The third-order valence-electron chi connectivity index (χ3n) is 2.15. The van der Waals surface area contributed by atoms with E-state index in [1.54, 1.807) is 0 Å². The van der Waals surface area contributed by atoms with Crippen molar-refractivity contribution in [3.63, 3.8) is 0 Å². The van der Waals surface area contributed by atoms with Crippen molar-refractivity contribution in [2.45, 2.75) is 6.42 Å². The van der Waals surface area contributed by atoms with Crippen LogP contribution in [0.3, 0.4) is 0 Å². The van der Waals surface area contributed by atoms with Gasteiger partial charge in [0.15, 0.2) is 0 Å². The molecule has 0 atom stereocenters. The minimum Gasteiger partial charge on any atom is -0.380 e. The minimum absolute atomic E-state index is 0.103. The number of alkyl halides is 1. The molecule has 0 heterocycles. The summed E-state index contributed by atoms with van der Waals surface area (Å²) in [6, 6.07) is 3.67. The number of halogens is 3. The van der Waals surface area contributed by atoms with Crippen LogP contribution in [0, 0.1) is 5.82 Å². The third-order valence-corrected chi connectivity index (χ3v) is 2.62. The molecule has 100 valence electrons. The molecular weight excluding hydrogens is 280 g/mol. The molecule has 0 aromatic heterocycles. The van der Waals surface area contributed by atoms with Gasteiger partial charge in [0.25, 0.3) is 5.91 Å². The van der Waals surface area contributed by atoms with Gasteiger partial charge in [-0.2, -0.15) is 0 Å². The lowest BCUT2D eigenvalue weighted by Crippen LogP contribution is -2.25. The van der Waals surface area contributed by atoms with E-state index in [0.29, 0.717) is 32.1 Å². The van der Waals surface area contributed by atoms with E-state index >= 15 is 0 Å². The second kappa shape index (κ2) is 8.29. The average Bonchev–Trinajstić information content (AvgIpc) is 2.33. The molecule has 0 aliphatic heterocycles. The first-order chi connectivity index (χ1) is 8.65. The van der Waals surface area contributed by atoms with Crippen LogP contribution < -0.4 is 5.32 Å². The molecule has 0 saturated heterocycles. The van der Waals surface area contributed by atoms with Crippen LogP contribution in [0.25, 0.3) is 0 Å². The van der Waals surface area contributed by atoms with Crippen molar-refractivity contribution in [2.75, 3.05) is 25.6 Å². The summed E-state index contributed by atoms with van der Waals surface area (Å²) in [5.41, 5.74) is 0.264. The summed E-state index contributed by atoms with van der Waals surface area (Å²) in [4.78, 5) is 11.7. The van der Waals surface area contributed by atoms with Crippen LogP contribution in [-0.2, 0) is 4.74 Å². The second-order valence-electron chi connectivity index (χ2n) is 3.53. The molecule has 0 radical (unpaired) electrons. The molecule has 1 aromatic rings. The Hall–Kier alpha value is -0.840. The number of ether oxygens (including phenoxy) is 1. The summed E-state index contributed by atoms with van der Waals surface area (Å²) < 4.78 is 17.9. The van der Waals surface area contributed by atoms with Crippen molar-refractivity contribution in [3.8, 4) is 0 Å². The number of carbonyl (C=O) groups is 1. The van der Waals surface area contributed by atoms with E-state index in [4.69, 9.17) is 27.9 Å². The zero-order valence-corrected chi connectivity index (χ0v) is 11.2. The number of rotatable bonds is 7. The molecular formula is C12H14Cl2FNO2. The maximum absolute atomic E-state index is 12.8. The van der Waals surface area contributed by atoms with E-state index in [-0.39, 0.29) is 16.5 Å². The van der Waals surface area contributed by atoms with E-state index in [9.17, 15) is 9.18 Å². The zero-order chi connectivity index (χ0) is 13.4. The van der Waals surface area contributed by atoms with E-state index in [2.05, 4.69) is 5.32 Å². The summed E-state index contributed by atoms with van der Waals surface area (Å²) in [5.74, 6) is -0.333. The lowest BCUT2D eigenvalue weighted by molar-refractivity contribution is 0.0944. The van der Waals surface area contributed by atoms with Crippen LogP contribution >= 0.6 is 23.2 Å². The predicted molar refractivity (Wildman–Crippen MR) is 69.9 cm³/mol. The summed E-state index contributed by atoms with van der Waals surface area (Å²) in [6.07, 6.45) is 0.682. The van der Waals surface area contributed by atoms with Crippen LogP contribution in [0.2, 0.25) is 5.02 Å². The Morgan fingerprint density at radius 1 is 1.39 bits per heavy atom. The number of hydrogen-bond acceptors (Lipinski definition) is 2. The third kappa shape index (κ3) is 5.21. The van der Waals surface area contributed by atoms with Gasteiger partial charge in [0.1, 0.15) is 5.82 Å². The molecule has 1 amide bonds. The molecule has 1 N–H and O–H groups in total. The van der Waals surface area contributed by atoms with Crippen LogP contribution in [0.4, 0.5) is 4.39 Å². The number of carbonyl (C=O) groups excluding carboxylic acids is 1. The summed E-state index contributed by atoms with van der Waals surface area (Å²) in [5, 5.41) is 2.78. The fourth-order valence-electron chi connectivity index (χ4n) is 1.30. The molecule has 0 spiro atoms. The maximum Gasteiger partial charge on any atom is 0.252 e. The Labute approximate surface area is 115 Å². The highest BCUT2D eigenvalue weighted by molar-refractivity contribution is 6.33. The molecule has 1 aromatic carbocycles. The number of nitrogens with one attached hydrogen (secondary N) is 1. The fraction of sp³-hybridized carbons (Fsp3) is 0.417. The fourth-order valence-corrected chi connectivity index (χ4v) is 1.66. The summed E-state index contributed by atoms with van der Waals surface area (Å²) >= 11 is 11.2. The number of benzene rings is 1. The first-order valence-electron chi connectivity index (χ1n) is 5.52. The standard InChI is InChI=1S/C12H14Cl2FNO2/c13-4-7-18-6-1-5-16-12(17)10-3-2-9(15)8-11(10)14/h2-3,8H,1,4-7H2,(H,16,17). The first kappa shape index (κ1) is 15.2. The van der Waals surface area contributed by atoms with Gasteiger partial charge in [0.2, 0.25) is 0 Å². The van der Waals surface area contributed by atoms with Gasteiger partial charge >= 0.3 is 0 Å². The first-order valence-corrected chi connectivity index (χ1v) is 6.43. The smallest absolute Gasteiger partial charge is 0.252 e. The molecule has 0 fully saturated rings. The van der Waals surface area contributed by atoms with E-state index in [1.807, 2.05) is 0 Å². The Kier molecular flexibility index (Phi) is 7.01. The molecule has 0 aliphatic rings. The summed E-state index contributed by atoms with van der Waals surface area (Å²) in [7, 11) is 0. The molecule has 6 heteroatoms. The van der Waals surface area contributed by atoms with Gasteiger partial charge in [-0.15, -0.1) is 11.6 Å². The SMILES string of the molecule is O=C(NCCCOCCCl)c1ccc(F)cc1Cl. The summed E-state index contributed by atoms with van der Waals surface area (Å²) in [6.45, 7) is 1.50. The number of amides is 1. The monoisotopic (exact) mass is 293 g/mol. The Morgan fingerprint density at radius 2 is 2.17 bits per heavy atom. The Bertz CT molecular complexity index is 402. The lowest BCUT2D eigenvalue weighted by atomic mass is 10.2. The molecule has 18 heavy (non-hydrogen) atoms. The van der Waals surface area contributed by atoms with Gasteiger partial charge in [0.05, 0.1) is 17.2 Å². The highest BCUT2D eigenvalue weighted by Crippen LogP contribution is 2.16. The van der Waals surface area contributed by atoms with Gasteiger partial charge in [-0.3, -0.25) is 4.79 Å². The number of hydrogen-bond donors (Lipinski definition) is 1. The highest BCUT2D eigenvalue weighted by atomic mass is 35.5. The minimum atomic E-state index is -0.467. The lowest BCUT2D eigenvalue weighted by Gasteiger charge is -2.07. The normalized spacial score (nSPS) is 10.4. The van der Waals surface area contributed by atoms with Gasteiger partial charge in [-0.05, 0) is 24.6 Å². The van der Waals surface area contributed by atoms with E-state index in [1.165, 1.54) is 12.1 Å². The van der Waals surface area contributed by atoms with E-state index in [0.717, 1.165) is 6.07 Å². The Balaban J connectivity index is 2.32. The molecule has 0 unspecified atom stereocenters. The van der Waals surface area contributed by atoms with Crippen molar-refractivity contribution >= 4 is 29.1 Å². The molecule has 3 nitrogen and oxygen atoms in total. The van der Waals surface area contributed by atoms with Gasteiger partial charge in [-0.1, -0.05) is 11.6 Å². The quantitative estimate of drug-likeness (QED) is 0.620. The molecule has 1 rings (SSSR count). The van der Waals surface area contributed by atoms with Crippen molar-refractivity contribution in [3.05, 3.63) is 34.6 Å².